The molecule has 4 nitrogen and oxygen atoms in total. The molecule has 4 heteroatoms. The quantitative estimate of drug-likeness (QED) is 0.742. The standard InChI is InChI=1S/C23H23N3O/c1-16-7-3-4-9-19(16)14-24-22-12-11-20(15-25-22)23(27)26-17(2)13-18-8-5-6-10-21(18)26/h3-12,15,17H,13-14H2,1-2H3,(H,24,25). The fourth-order valence-electron chi connectivity index (χ4n) is 3.63. The third-order valence-corrected chi connectivity index (χ3v) is 5.16. The van der Waals surface area contributed by atoms with Crippen molar-refractivity contribution in [1.82, 2.24) is 4.98 Å². The number of pyridine rings is 1. The highest BCUT2D eigenvalue weighted by Gasteiger charge is 2.31. The van der Waals surface area contributed by atoms with Gasteiger partial charge in [-0.1, -0.05) is 42.5 Å². The third kappa shape index (κ3) is 3.43. The molecule has 2 aromatic carbocycles. The molecule has 0 aliphatic carbocycles. The Hall–Kier alpha value is -3.14. The van der Waals surface area contributed by atoms with Crippen LogP contribution in [0.2, 0.25) is 0 Å². The van der Waals surface area contributed by atoms with Crippen molar-refractivity contribution in [2.75, 3.05) is 10.2 Å². The maximum absolute atomic E-state index is 13.0. The molecule has 0 saturated carbocycles. The van der Waals surface area contributed by atoms with Crippen molar-refractivity contribution in [3.8, 4) is 0 Å². The van der Waals surface area contributed by atoms with Crippen LogP contribution in [0.4, 0.5) is 11.5 Å². The molecule has 1 N–H and O–H groups in total. The van der Waals surface area contributed by atoms with Crippen LogP contribution >= 0.6 is 0 Å². The number of hydrogen-bond acceptors (Lipinski definition) is 3. The van der Waals surface area contributed by atoms with E-state index in [2.05, 4.69) is 42.3 Å². The molecule has 1 amide bonds. The van der Waals surface area contributed by atoms with Gasteiger partial charge in [0.15, 0.2) is 0 Å². The lowest BCUT2D eigenvalue weighted by molar-refractivity contribution is 0.0981. The molecule has 0 radical (unpaired) electrons. The van der Waals surface area contributed by atoms with E-state index in [0.29, 0.717) is 12.1 Å². The Morgan fingerprint density at radius 1 is 1.11 bits per heavy atom. The third-order valence-electron chi connectivity index (χ3n) is 5.16. The van der Waals surface area contributed by atoms with Crippen LogP contribution in [0.15, 0.2) is 66.9 Å². The highest BCUT2D eigenvalue weighted by Crippen LogP contribution is 2.33. The summed E-state index contributed by atoms with van der Waals surface area (Å²) in [5.74, 6) is 0.773. The van der Waals surface area contributed by atoms with E-state index < -0.39 is 0 Å². The Bertz CT molecular complexity index is 965. The number of carbonyl (C=O) groups is 1. The molecule has 1 aliphatic rings. The van der Waals surface area contributed by atoms with Gasteiger partial charge < -0.3 is 10.2 Å². The minimum Gasteiger partial charge on any atom is -0.366 e. The van der Waals surface area contributed by atoms with E-state index in [1.807, 2.05) is 47.4 Å². The lowest BCUT2D eigenvalue weighted by Crippen LogP contribution is -2.35. The molecule has 27 heavy (non-hydrogen) atoms. The van der Waals surface area contributed by atoms with Gasteiger partial charge in [-0.3, -0.25) is 4.79 Å². The second-order valence-corrected chi connectivity index (χ2v) is 7.07. The van der Waals surface area contributed by atoms with Crippen LogP contribution in [0.25, 0.3) is 0 Å². The first kappa shape index (κ1) is 17.3. The van der Waals surface area contributed by atoms with Gasteiger partial charge in [-0.05, 0) is 55.2 Å². The number of para-hydroxylation sites is 1. The smallest absolute Gasteiger partial charge is 0.260 e. The van der Waals surface area contributed by atoms with Crippen LogP contribution in [-0.2, 0) is 13.0 Å². The number of aryl methyl sites for hydroxylation is 1. The summed E-state index contributed by atoms with van der Waals surface area (Å²) in [6.45, 7) is 4.90. The number of benzene rings is 2. The molecular formula is C23H23N3O. The zero-order valence-corrected chi connectivity index (χ0v) is 15.6. The van der Waals surface area contributed by atoms with E-state index in [9.17, 15) is 4.79 Å². The fourth-order valence-corrected chi connectivity index (χ4v) is 3.63. The zero-order chi connectivity index (χ0) is 18.8. The van der Waals surface area contributed by atoms with Gasteiger partial charge in [-0.15, -0.1) is 0 Å². The number of amides is 1. The largest absolute Gasteiger partial charge is 0.366 e. The molecule has 1 aromatic heterocycles. The van der Waals surface area contributed by atoms with Gasteiger partial charge in [0, 0.05) is 24.5 Å². The first-order valence-electron chi connectivity index (χ1n) is 9.29. The molecule has 0 saturated heterocycles. The first-order valence-corrected chi connectivity index (χ1v) is 9.29. The molecule has 0 fully saturated rings. The first-order chi connectivity index (χ1) is 13.1. The number of anilines is 2. The number of rotatable bonds is 4. The Morgan fingerprint density at radius 2 is 1.89 bits per heavy atom. The lowest BCUT2D eigenvalue weighted by Gasteiger charge is -2.22. The topological polar surface area (TPSA) is 45.2 Å². The van der Waals surface area contributed by atoms with Gasteiger partial charge in [-0.25, -0.2) is 4.98 Å². The predicted octanol–water partition coefficient (Wildman–Crippen LogP) is 4.59. The van der Waals surface area contributed by atoms with Crippen molar-refractivity contribution in [2.24, 2.45) is 0 Å². The number of nitrogens with zero attached hydrogens (tertiary/aromatic N) is 2. The van der Waals surface area contributed by atoms with Gasteiger partial charge in [-0.2, -0.15) is 0 Å². The Balaban J connectivity index is 1.48. The molecule has 1 unspecified atom stereocenters. The minimum atomic E-state index is 0.00500. The summed E-state index contributed by atoms with van der Waals surface area (Å²) in [6.07, 6.45) is 2.56. The van der Waals surface area contributed by atoms with Gasteiger partial charge in [0.1, 0.15) is 5.82 Å². The van der Waals surface area contributed by atoms with Crippen molar-refractivity contribution in [3.63, 3.8) is 0 Å². The number of nitrogens with one attached hydrogen (secondary N) is 1. The second kappa shape index (κ2) is 7.23. The van der Waals surface area contributed by atoms with Gasteiger partial charge in [0.05, 0.1) is 5.56 Å². The van der Waals surface area contributed by atoms with E-state index in [1.165, 1.54) is 16.7 Å². The minimum absolute atomic E-state index is 0.00500. The Kier molecular flexibility index (Phi) is 4.63. The summed E-state index contributed by atoms with van der Waals surface area (Å²) in [4.78, 5) is 19.3. The van der Waals surface area contributed by atoms with Crippen molar-refractivity contribution < 1.29 is 4.79 Å². The SMILES string of the molecule is Cc1ccccc1CNc1ccc(C(=O)N2c3ccccc3CC2C)cn1. The van der Waals surface area contributed by atoms with E-state index in [1.54, 1.807) is 6.20 Å². The number of aromatic nitrogens is 1. The van der Waals surface area contributed by atoms with Crippen LogP contribution in [0.1, 0.15) is 34.0 Å². The van der Waals surface area contributed by atoms with Crippen molar-refractivity contribution in [1.29, 1.82) is 0 Å². The predicted molar refractivity (Wildman–Crippen MR) is 109 cm³/mol. The average Bonchev–Trinajstić information content (AvgIpc) is 3.03. The molecule has 136 valence electrons. The summed E-state index contributed by atoms with van der Waals surface area (Å²) in [6, 6.07) is 20.3. The molecule has 2 heterocycles. The molecule has 4 rings (SSSR count). The highest BCUT2D eigenvalue weighted by molar-refractivity contribution is 6.07. The van der Waals surface area contributed by atoms with Crippen LogP contribution in [0.3, 0.4) is 0 Å². The molecule has 1 aliphatic heterocycles. The average molecular weight is 357 g/mol. The molecular weight excluding hydrogens is 334 g/mol. The Labute approximate surface area is 159 Å². The van der Waals surface area contributed by atoms with Crippen LogP contribution in [0.5, 0.6) is 0 Å². The van der Waals surface area contributed by atoms with Crippen molar-refractivity contribution in [2.45, 2.75) is 32.9 Å². The molecule has 0 spiro atoms. The highest BCUT2D eigenvalue weighted by atomic mass is 16.2. The normalized spacial score (nSPS) is 15.5. The number of carbonyl (C=O) groups excluding carboxylic acids is 1. The maximum atomic E-state index is 13.0. The van der Waals surface area contributed by atoms with E-state index in [4.69, 9.17) is 0 Å². The number of fused-ring (bicyclic) bond motifs is 1. The molecule has 3 aromatic rings. The number of hydrogen-bond donors (Lipinski definition) is 1. The van der Waals surface area contributed by atoms with Crippen LogP contribution < -0.4 is 10.2 Å². The van der Waals surface area contributed by atoms with Crippen LogP contribution in [-0.4, -0.2) is 16.9 Å². The molecule has 0 bridgehead atoms. The monoisotopic (exact) mass is 357 g/mol. The summed E-state index contributed by atoms with van der Waals surface area (Å²) < 4.78 is 0. The lowest BCUT2D eigenvalue weighted by atomic mass is 10.1. The van der Waals surface area contributed by atoms with Crippen LogP contribution in [0, 0.1) is 6.92 Å². The summed E-state index contributed by atoms with van der Waals surface area (Å²) in [7, 11) is 0. The summed E-state index contributed by atoms with van der Waals surface area (Å²) >= 11 is 0. The zero-order valence-electron chi connectivity index (χ0n) is 15.6. The maximum Gasteiger partial charge on any atom is 0.260 e. The van der Waals surface area contributed by atoms with Crippen molar-refractivity contribution in [3.05, 3.63) is 89.1 Å². The molecule has 1 atom stereocenters. The summed E-state index contributed by atoms with van der Waals surface area (Å²) in [5.41, 5.74) is 5.33. The van der Waals surface area contributed by atoms with Gasteiger partial charge in [0.2, 0.25) is 0 Å². The van der Waals surface area contributed by atoms with Crippen molar-refractivity contribution >= 4 is 17.4 Å². The fraction of sp³-hybridized carbons (Fsp3) is 0.217. The van der Waals surface area contributed by atoms with E-state index >= 15 is 0 Å². The summed E-state index contributed by atoms with van der Waals surface area (Å²) in [5, 5.41) is 3.33. The van der Waals surface area contributed by atoms with Gasteiger partial charge in [0.25, 0.3) is 5.91 Å². The van der Waals surface area contributed by atoms with E-state index in [0.717, 1.165) is 17.9 Å². The Morgan fingerprint density at radius 3 is 2.67 bits per heavy atom. The van der Waals surface area contributed by atoms with Gasteiger partial charge >= 0.3 is 0 Å². The van der Waals surface area contributed by atoms with E-state index in [-0.39, 0.29) is 11.9 Å². The second-order valence-electron chi connectivity index (χ2n) is 7.07.